The molecule has 0 unspecified atom stereocenters. The van der Waals surface area contributed by atoms with Crippen LogP contribution in [-0.2, 0) is 12.7 Å². The normalized spacial score (nSPS) is 13.4. The summed E-state index contributed by atoms with van der Waals surface area (Å²) in [4.78, 5) is 29.5. The van der Waals surface area contributed by atoms with E-state index in [-0.39, 0.29) is 17.3 Å². The smallest absolute Gasteiger partial charge is 0.409 e. The second-order valence-corrected chi connectivity index (χ2v) is 8.68. The number of nitrogens with one attached hydrogen (secondary N) is 2. The molecule has 11 nitrogen and oxygen atoms in total. The molecule has 3 aliphatic heterocycles. The van der Waals surface area contributed by atoms with Crippen LogP contribution in [0, 0.1) is 6.92 Å². The number of hydrogen-bond acceptors (Lipinski definition) is 9. The molecule has 0 fully saturated rings. The highest BCUT2D eigenvalue weighted by Gasteiger charge is 2.31. The number of amides is 1. The summed E-state index contributed by atoms with van der Waals surface area (Å²) in [6.45, 7) is 3.24. The first-order valence-electron chi connectivity index (χ1n) is 11.7. The maximum Gasteiger partial charge on any atom is 0.416 e. The number of alkyl halides is 3. The van der Waals surface area contributed by atoms with E-state index in [0.29, 0.717) is 24.6 Å². The van der Waals surface area contributed by atoms with E-state index in [4.69, 9.17) is 4.42 Å². The largest absolute Gasteiger partial charge is 0.416 e. The zero-order valence-electron chi connectivity index (χ0n) is 20.2. The summed E-state index contributed by atoms with van der Waals surface area (Å²) in [6, 6.07) is 8.78. The van der Waals surface area contributed by atoms with E-state index in [1.807, 2.05) is 23.6 Å². The number of halogens is 3. The van der Waals surface area contributed by atoms with Gasteiger partial charge < -0.3 is 19.6 Å². The van der Waals surface area contributed by atoms with Crippen LogP contribution >= 0.6 is 0 Å². The molecule has 0 saturated heterocycles. The van der Waals surface area contributed by atoms with Gasteiger partial charge in [0.2, 0.25) is 6.39 Å². The van der Waals surface area contributed by atoms with Gasteiger partial charge in [-0.3, -0.25) is 9.78 Å². The monoisotopic (exact) mass is 533 g/mol. The molecule has 5 heterocycles. The molecular weight excluding hydrogens is 515 g/mol. The van der Waals surface area contributed by atoms with Crippen LogP contribution < -0.4 is 16.3 Å². The van der Waals surface area contributed by atoms with Gasteiger partial charge in [-0.25, -0.2) is 4.98 Å². The van der Waals surface area contributed by atoms with Crippen LogP contribution in [0.4, 0.5) is 30.7 Å². The Balaban J connectivity index is 1.38. The average Bonchev–Trinajstić information content (AvgIpc) is 3.62. The molecule has 0 bridgehead atoms. The summed E-state index contributed by atoms with van der Waals surface area (Å²) in [5, 5.41) is 13.4. The first-order chi connectivity index (χ1) is 18.8. The number of nitrogens with zero attached hydrogens (tertiary/aromatic N) is 7. The molecule has 0 spiro atoms. The first-order valence-corrected chi connectivity index (χ1v) is 11.7. The summed E-state index contributed by atoms with van der Waals surface area (Å²) in [5.41, 5.74) is 2.62. The number of rotatable bonds is 4. The minimum Gasteiger partial charge on any atom is -0.409 e. The van der Waals surface area contributed by atoms with Crippen LogP contribution in [0.2, 0.25) is 0 Å². The van der Waals surface area contributed by atoms with Crippen molar-refractivity contribution in [3.8, 4) is 22.5 Å². The molecule has 2 aromatic heterocycles. The molecule has 196 valence electrons. The highest BCUT2D eigenvalue weighted by molar-refractivity contribution is 6.03. The molecule has 6 rings (SSSR count). The zero-order chi connectivity index (χ0) is 27.1. The van der Waals surface area contributed by atoms with Crippen LogP contribution in [0.5, 0.6) is 0 Å². The fourth-order valence-corrected chi connectivity index (χ4v) is 4.34. The Morgan fingerprint density at radius 3 is 2.82 bits per heavy atom. The number of benzene rings is 1. The molecule has 0 radical (unpaired) electrons. The Kier molecular flexibility index (Phi) is 5.78. The van der Waals surface area contributed by atoms with Crippen molar-refractivity contribution in [1.82, 2.24) is 29.7 Å². The van der Waals surface area contributed by atoms with Crippen molar-refractivity contribution in [3.05, 3.63) is 77.6 Å². The topological polar surface area (TPSA) is 136 Å². The van der Waals surface area contributed by atoms with Crippen molar-refractivity contribution in [2.24, 2.45) is 4.99 Å². The van der Waals surface area contributed by atoms with Crippen molar-refractivity contribution in [2.75, 3.05) is 17.2 Å². The molecule has 0 aliphatic carbocycles. The van der Waals surface area contributed by atoms with Crippen molar-refractivity contribution >= 4 is 23.4 Å². The Morgan fingerprint density at radius 1 is 1.15 bits per heavy atom. The molecule has 3 aliphatic rings. The predicted octanol–water partition coefficient (Wildman–Crippen LogP) is 4.07. The maximum absolute atomic E-state index is 13.1. The van der Waals surface area contributed by atoms with E-state index in [0.717, 1.165) is 52.8 Å². The van der Waals surface area contributed by atoms with Crippen molar-refractivity contribution in [2.45, 2.75) is 19.6 Å². The van der Waals surface area contributed by atoms with Crippen LogP contribution in [0.25, 0.3) is 22.5 Å². The first kappa shape index (κ1) is 24.2. The van der Waals surface area contributed by atoms with Gasteiger partial charge in [-0.05, 0) is 48.4 Å². The third-order valence-corrected chi connectivity index (χ3v) is 6.14. The van der Waals surface area contributed by atoms with Crippen LogP contribution in [-0.4, -0.2) is 42.2 Å². The lowest BCUT2D eigenvalue weighted by Gasteiger charge is -2.19. The van der Waals surface area contributed by atoms with Gasteiger partial charge in [0, 0.05) is 42.3 Å². The van der Waals surface area contributed by atoms with Crippen LogP contribution in [0.15, 0.2) is 64.6 Å². The fraction of sp³-hybridized carbons (Fsp3) is 0.160. The van der Waals surface area contributed by atoms with E-state index in [1.165, 1.54) is 0 Å². The van der Waals surface area contributed by atoms with Gasteiger partial charge in [-0.2, -0.15) is 23.1 Å². The Bertz CT molecular complexity index is 1750. The van der Waals surface area contributed by atoms with Gasteiger partial charge in [-0.1, -0.05) is 11.2 Å². The summed E-state index contributed by atoms with van der Waals surface area (Å²) < 4.78 is 46.3. The number of pyridine rings is 2. The molecule has 14 heteroatoms. The van der Waals surface area contributed by atoms with Crippen molar-refractivity contribution < 1.29 is 22.4 Å². The third kappa shape index (κ3) is 4.67. The number of aromatic nitrogens is 6. The number of hydrogen-bond donors (Lipinski definition) is 2. The summed E-state index contributed by atoms with van der Waals surface area (Å²) >= 11 is 0. The van der Waals surface area contributed by atoms with Gasteiger partial charge in [0.25, 0.3) is 11.5 Å². The number of fused-ring (bicyclic) bond motifs is 3. The summed E-state index contributed by atoms with van der Waals surface area (Å²) in [5.74, 6) is 0.721. The molecule has 1 aromatic carbocycles. The quantitative estimate of drug-likeness (QED) is 0.353. The molecular formula is C25H18F3N9O2. The molecule has 0 atom stereocenters. The highest BCUT2D eigenvalue weighted by atomic mass is 19.4. The lowest BCUT2D eigenvalue weighted by atomic mass is 9.98. The molecule has 39 heavy (non-hydrogen) atoms. The predicted molar refractivity (Wildman–Crippen MR) is 132 cm³/mol. The van der Waals surface area contributed by atoms with E-state index in [9.17, 15) is 18.0 Å². The maximum atomic E-state index is 13.1. The van der Waals surface area contributed by atoms with Crippen molar-refractivity contribution in [3.63, 3.8) is 0 Å². The number of anilines is 2. The summed E-state index contributed by atoms with van der Waals surface area (Å²) in [6.07, 6.45) is -0.811. The Morgan fingerprint density at radius 2 is 2.03 bits per heavy atom. The van der Waals surface area contributed by atoms with Gasteiger partial charge in [0.1, 0.15) is 17.3 Å². The number of aryl methyl sites for hydroxylation is 1. The molecule has 2 N–H and O–H groups in total. The lowest BCUT2D eigenvalue weighted by Crippen LogP contribution is -2.17. The molecule has 0 saturated carbocycles. The molecule has 1 amide bonds. The van der Waals surface area contributed by atoms with E-state index in [1.54, 1.807) is 18.3 Å². The number of carbonyl (C=O) groups is 1. The highest BCUT2D eigenvalue weighted by Crippen LogP contribution is 2.39. The lowest BCUT2D eigenvalue weighted by molar-refractivity contribution is -0.137. The second kappa shape index (κ2) is 9.31. The van der Waals surface area contributed by atoms with E-state index in [2.05, 4.69) is 40.8 Å². The number of carbonyl (C=O) groups excluding carboxylic acids is 1. The van der Waals surface area contributed by atoms with E-state index >= 15 is 0 Å². The van der Waals surface area contributed by atoms with Gasteiger partial charge in [0.15, 0.2) is 0 Å². The molecule has 3 aromatic rings. The zero-order valence-corrected chi connectivity index (χ0v) is 20.2. The van der Waals surface area contributed by atoms with Crippen LogP contribution in [0.3, 0.4) is 0 Å². The average molecular weight is 533 g/mol. The Hall–Kier alpha value is -5.14. The Labute approximate surface area is 217 Å². The SMILES string of the molecule is Cc1ccc(NC(=O)c2cc(C(F)(F)F)ccn2)cc1-c1cc2cn/c(=N/c3nnco3)nc-2n2c1NCC2. The van der Waals surface area contributed by atoms with Crippen molar-refractivity contribution in [1.29, 1.82) is 0 Å². The van der Waals surface area contributed by atoms with Gasteiger partial charge in [0.05, 0.1) is 5.56 Å². The minimum atomic E-state index is -4.58. The van der Waals surface area contributed by atoms with E-state index < -0.39 is 17.6 Å². The van der Waals surface area contributed by atoms with Gasteiger partial charge in [-0.15, -0.1) is 5.10 Å². The van der Waals surface area contributed by atoms with Gasteiger partial charge >= 0.3 is 12.2 Å². The second-order valence-electron chi connectivity index (χ2n) is 8.68. The fourth-order valence-electron chi connectivity index (χ4n) is 4.34. The third-order valence-electron chi connectivity index (χ3n) is 6.14. The standard InChI is InChI=1S/C25H18F3N9O2/c1-13-2-3-16(33-22(38)19-9-15(4-5-29-19)25(26,27)28)10-17(13)18-8-14-11-31-23(35-24-36-32-12-39-24)34-20(14)37-7-6-30-21(18)37/h2-5,8-12,30H,6-7H2,1H3,(H,33,38)/b35-23-. The van der Waals surface area contributed by atoms with Crippen LogP contribution in [0.1, 0.15) is 21.6 Å². The minimum absolute atomic E-state index is 0.0422. The summed E-state index contributed by atoms with van der Waals surface area (Å²) in [7, 11) is 0.